The number of thiol groups is 1. The number of aromatic nitrogens is 1. The highest BCUT2D eigenvalue weighted by atomic mass is 32.1. The number of pyridine rings is 1. The molecule has 2 unspecified atom stereocenters. The van der Waals surface area contributed by atoms with Crippen LogP contribution in [0.2, 0.25) is 0 Å². The Morgan fingerprint density at radius 1 is 1.35 bits per heavy atom. The van der Waals surface area contributed by atoms with Crippen LogP contribution in [0.4, 0.5) is 19.0 Å². The molecule has 0 aromatic carbocycles. The Hall–Kier alpha value is -0.990. The van der Waals surface area contributed by atoms with E-state index < -0.39 is 29.6 Å². The number of aliphatic hydroxyl groups excluding tert-OH is 2. The molecule has 0 fully saturated rings. The molecular formula is C9H11F3N2O2S. The fourth-order valence-electron chi connectivity index (χ4n) is 1.26. The van der Waals surface area contributed by atoms with Crippen LogP contribution in [0.1, 0.15) is 17.4 Å². The highest BCUT2D eigenvalue weighted by Crippen LogP contribution is 2.34. The largest absolute Gasteiger partial charge is 0.433 e. The van der Waals surface area contributed by atoms with E-state index in [1.807, 2.05) is 0 Å². The minimum Gasteiger partial charge on any atom is -0.389 e. The number of anilines is 1. The van der Waals surface area contributed by atoms with Crippen molar-refractivity contribution in [1.82, 2.24) is 4.98 Å². The van der Waals surface area contributed by atoms with Gasteiger partial charge in [0.15, 0.2) is 5.69 Å². The number of alkyl halides is 3. The van der Waals surface area contributed by atoms with Gasteiger partial charge in [-0.05, 0) is 6.07 Å². The van der Waals surface area contributed by atoms with Crippen molar-refractivity contribution in [1.29, 1.82) is 0 Å². The van der Waals surface area contributed by atoms with E-state index in [0.717, 1.165) is 12.1 Å². The van der Waals surface area contributed by atoms with Gasteiger partial charge in [-0.3, -0.25) is 0 Å². The van der Waals surface area contributed by atoms with Crippen LogP contribution in [0, 0.1) is 0 Å². The van der Waals surface area contributed by atoms with Crippen molar-refractivity contribution in [3.8, 4) is 0 Å². The van der Waals surface area contributed by atoms with Crippen LogP contribution in [0.25, 0.3) is 0 Å². The average molecular weight is 268 g/mol. The summed E-state index contributed by atoms with van der Waals surface area (Å²) in [7, 11) is 0. The summed E-state index contributed by atoms with van der Waals surface area (Å²) in [5, 5.41) is 18.8. The summed E-state index contributed by atoms with van der Waals surface area (Å²) in [6.45, 7) is 0. The summed E-state index contributed by atoms with van der Waals surface area (Å²) >= 11 is 3.70. The van der Waals surface area contributed by atoms with E-state index in [9.17, 15) is 23.4 Å². The molecule has 17 heavy (non-hydrogen) atoms. The van der Waals surface area contributed by atoms with E-state index >= 15 is 0 Å². The number of nitrogens with zero attached hydrogens (tertiary/aromatic N) is 1. The van der Waals surface area contributed by atoms with Gasteiger partial charge in [0.25, 0.3) is 0 Å². The number of nitrogens with two attached hydrogens (primary N) is 1. The first-order valence-electron chi connectivity index (χ1n) is 4.58. The molecule has 4 N–H and O–H groups in total. The van der Waals surface area contributed by atoms with Crippen molar-refractivity contribution in [3.63, 3.8) is 0 Å². The van der Waals surface area contributed by atoms with Gasteiger partial charge < -0.3 is 15.9 Å². The quantitative estimate of drug-likeness (QED) is 0.617. The van der Waals surface area contributed by atoms with E-state index in [4.69, 9.17) is 5.73 Å². The van der Waals surface area contributed by atoms with Crippen LogP contribution in [0.5, 0.6) is 0 Å². The van der Waals surface area contributed by atoms with Gasteiger partial charge in [-0.25, -0.2) is 4.98 Å². The second-order valence-electron chi connectivity index (χ2n) is 3.37. The molecule has 0 amide bonds. The van der Waals surface area contributed by atoms with Crippen LogP contribution in [0.15, 0.2) is 12.1 Å². The predicted octanol–water partition coefficient (Wildman–Crippen LogP) is 1.01. The van der Waals surface area contributed by atoms with Crippen LogP contribution in [0.3, 0.4) is 0 Å². The maximum atomic E-state index is 12.6. The molecule has 96 valence electrons. The number of rotatable bonds is 3. The van der Waals surface area contributed by atoms with E-state index in [2.05, 4.69) is 17.6 Å². The van der Waals surface area contributed by atoms with Crippen molar-refractivity contribution in [2.45, 2.75) is 18.4 Å². The average Bonchev–Trinajstić information content (AvgIpc) is 2.25. The Morgan fingerprint density at radius 3 is 2.41 bits per heavy atom. The van der Waals surface area contributed by atoms with Gasteiger partial charge in [0, 0.05) is 11.3 Å². The summed E-state index contributed by atoms with van der Waals surface area (Å²) < 4.78 is 37.9. The third-order valence-corrected chi connectivity index (χ3v) is 2.46. The maximum absolute atomic E-state index is 12.6. The van der Waals surface area contributed by atoms with E-state index in [-0.39, 0.29) is 11.6 Å². The molecule has 0 saturated heterocycles. The van der Waals surface area contributed by atoms with Crippen molar-refractivity contribution < 1.29 is 23.4 Å². The summed E-state index contributed by atoms with van der Waals surface area (Å²) in [5.41, 5.74) is 3.34. The number of nitrogen functional groups attached to an aromatic ring is 1. The number of hydrogen-bond donors (Lipinski definition) is 4. The van der Waals surface area contributed by atoms with Gasteiger partial charge in [-0.2, -0.15) is 25.8 Å². The standard InChI is InChI=1S/C9H11F3N2O2S/c10-9(11,12)8-4(1-2-6(13)14-8)7(16)5(15)3-17/h1-2,5,7,15-17H,3H2,(H2,13,14). The zero-order chi connectivity index (χ0) is 13.2. The van der Waals surface area contributed by atoms with E-state index in [1.165, 1.54) is 0 Å². The molecule has 0 saturated carbocycles. The third-order valence-electron chi connectivity index (χ3n) is 2.09. The zero-order valence-electron chi connectivity index (χ0n) is 8.52. The number of aliphatic hydroxyl groups is 2. The lowest BCUT2D eigenvalue weighted by Crippen LogP contribution is -2.24. The van der Waals surface area contributed by atoms with Gasteiger partial charge in [0.2, 0.25) is 0 Å². The minimum absolute atomic E-state index is 0.178. The molecule has 4 nitrogen and oxygen atoms in total. The lowest BCUT2D eigenvalue weighted by Gasteiger charge is -2.20. The molecule has 0 aliphatic carbocycles. The summed E-state index contributed by atoms with van der Waals surface area (Å²) in [4.78, 5) is 3.14. The molecule has 0 radical (unpaired) electrons. The summed E-state index contributed by atoms with van der Waals surface area (Å²) in [6.07, 6.45) is -7.87. The van der Waals surface area contributed by atoms with Gasteiger partial charge >= 0.3 is 6.18 Å². The molecule has 0 bridgehead atoms. The number of halogens is 3. The molecule has 8 heteroatoms. The molecule has 1 heterocycles. The maximum Gasteiger partial charge on any atom is 0.433 e. The van der Waals surface area contributed by atoms with Crippen molar-refractivity contribution >= 4 is 18.4 Å². The van der Waals surface area contributed by atoms with Crippen LogP contribution in [-0.2, 0) is 6.18 Å². The SMILES string of the molecule is Nc1ccc(C(O)C(O)CS)c(C(F)(F)F)n1. The van der Waals surface area contributed by atoms with Gasteiger partial charge in [0.1, 0.15) is 11.9 Å². The van der Waals surface area contributed by atoms with Crippen molar-refractivity contribution in [3.05, 3.63) is 23.4 Å². The molecule has 0 spiro atoms. The van der Waals surface area contributed by atoms with E-state index in [1.54, 1.807) is 0 Å². The fourth-order valence-corrected chi connectivity index (χ4v) is 1.46. The first kappa shape index (κ1) is 14.1. The third kappa shape index (κ3) is 3.24. The second kappa shape index (κ2) is 5.11. The highest BCUT2D eigenvalue weighted by molar-refractivity contribution is 7.80. The minimum atomic E-state index is -4.75. The molecule has 1 aromatic heterocycles. The number of hydrogen-bond acceptors (Lipinski definition) is 5. The van der Waals surface area contributed by atoms with Gasteiger partial charge in [0.05, 0.1) is 6.10 Å². The zero-order valence-corrected chi connectivity index (χ0v) is 9.41. The van der Waals surface area contributed by atoms with Gasteiger partial charge in [-0.15, -0.1) is 0 Å². The topological polar surface area (TPSA) is 79.4 Å². The van der Waals surface area contributed by atoms with Gasteiger partial charge in [-0.1, -0.05) is 6.07 Å². The highest BCUT2D eigenvalue weighted by Gasteiger charge is 2.38. The smallest absolute Gasteiger partial charge is 0.389 e. The molecule has 0 aliphatic heterocycles. The molecule has 1 aromatic rings. The molecule has 0 aliphatic rings. The van der Waals surface area contributed by atoms with E-state index in [0.29, 0.717) is 0 Å². The van der Waals surface area contributed by atoms with Crippen LogP contribution >= 0.6 is 12.6 Å². The summed E-state index contributed by atoms with van der Waals surface area (Å²) in [6, 6.07) is 2.11. The Bertz CT molecular complexity index is 400. The second-order valence-corrected chi connectivity index (χ2v) is 3.73. The molecule has 1 rings (SSSR count). The molecular weight excluding hydrogens is 257 g/mol. The van der Waals surface area contributed by atoms with Crippen molar-refractivity contribution in [2.24, 2.45) is 0 Å². The summed E-state index contributed by atoms with van der Waals surface area (Å²) in [5.74, 6) is -0.489. The lowest BCUT2D eigenvalue weighted by molar-refractivity contribution is -0.143. The first-order chi connectivity index (χ1) is 7.77. The Kier molecular flexibility index (Phi) is 4.23. The lowest BCUT2D eigenvalue weighted by atomic mass is 10.0. The Morgan fingerprint density at radius 2 is 1.94 bits per heavy atom. The normalized spacial score (nSPS) is 15.6. The predicted molar refractivity (Wildman–Crippen MR) is 58.5 cm³/mol. The Labute approximate surface area is 101 Å². The van der Waals surface area contributed by atoms with Crippen LogP contribution in [-0.4, -0.2) is 27.1 Å². The first-order valence-corrected chi connectivity index (χ1v) is 5.21. The fraction of sp³-hybridized carbons (Fsp3) is 0.444. The Balaban J connectivity index is 3.24. The van der Waals surface area contributed by atoms with Crippen molar-refractivity contribution in [2.75, 3.05) is 11.5 Å². The monoisotopic (exact) mass is 268 g/mol. The van der Waals surface area contributed by atoms with Crippen LogP contribution < -0.4 is 5.73 Å². The molecule has 2 atom stereocenters.